The standard InChI is InChI=1S/C15H24N4O4/c1-15(2,3)23-14(21)19-8-6-18(7-9-19)12-10-11(13(20)22-5)17(4)16-12/h10H,6-9H2,1-5H3. The van der Waals surface area contributed by atoms with Crippen molar-refractivity contribution in [2.45, 2.75) is 26.4 Å². The number of anilines is 1. The van der Waals surface area contributed by atoms with Gasteiger partial charge in [-0.25, -0.2) is 9.59 Å². The topological polar surface area (TPSA) is 76.9 Å². The quantitative estimate of drug-likeness (QED) is 0.762. The molecule has 2 rings (SSSR count). The van der Waals surface area contributed by atoms with Crippen LogP contribution in [-0.2, 0) is 16.5 Å². The number of methoxy groups -OCH3 is 1. The Kier molecular flexibility index (Phi) is 4.82. The third-order valence-corrected chi connectivity index (χ3v) is 3.52. The first-order chi connectivity index (χ1) is 10.7. The summed E-state index contributed by atoms with van der Waals surface area (Å²) in [5, 5.41) is 4.34. The number of aryl methyl sites for hydroxylation is 1. The molecule has 1 fully saturated rings. The fourth-order valence-electron chi connectivity index (χ4n) is 2.35. The maximum atomic E-state index is 12.0. The van der Waals surface area contributed by atoms with Gasteiger partial charge in [0.05, 0.1) is 7.11 Å². The Bertz CT molecular complexity index is 583. The fourth-order valence-corrected chi connectivity index (χ4v) is 2.35. The largest absolute Gasteiger partial charge is 0.464 e. The zero-order valence-corrected chi connectivity index (χ0v) is 14.3. The van der Waals surface area contributed by atoms with Crippen molar-refractivity contribution in [1.82, 2.24) is 14.7 Å². The molecule has 1 aromatic heterocycles. The molecule has 0 radical (unpaired) electrons. The molecule has 8 nitrogen and oxygen atoms in total. The second kappa shape index (κ2) is 6.47. The molecular weight excluding hydrogens is 300 g/mol. The number of ether oxygens (including phenoxy) is 2. The molecule has 0 spiro atoms. The van der Waals surface area contributed by atoms with Gasteiger partial charge in [-0.3, -0.25) is 4.68 Å². The predicted molar refractivity (Wildman–Crippen MR) is 84.6 cm³/mol. The molecule has 8 heteroatoms. The van der Waals surface area contributed by atoms with Crippen LogP contribution in [0.3, 0.4) is 0 Å². The molecule has 0 aromatic carbocycles. The van der Waals surface area contributed by atoms with Gasteiger partial charge in [0.2, 0.25) is 0 Å². The van der Waals surface area contributed by atoms with Gasteiger partial charge in [0, 0.05) is 39.3 Å². The first-order valence-corrected chi connectivity index (χ1v) is 7.56. The minimum atomic E-state index is -0.495. The van der Waals surface area contributed by atoms with Crippen molar-refractivity contribution in [2.24, 2.45) is 7.05 Å². The van der Waals surface area contributed by atoms with Crippen LogP contribution in [-0.4, -0.2) is 65.6 Å². The first-order valence-electron chi connectivity index (χ1n) is 7.56. The average Bonchev–Trinajstić information content (AvgIpc) is 2.87. The number of carbonyl (C=O) groups is 2. The lowest BCUT2D eigenvalue weighted by atomic mass is 10.2. The summed E-state index contributed by atoms with van der Waals surface area (Å²) >= 11 is 0. The van der Waals surface area contributed by atoms with Gasteiger partial charge >= 0.3 is 12.1 Å². The Morgan fingerprint density at radius 1 is 1.17 bits per heavy atom. The van der Waals surface area contributed by atoms with E-state index in [1.165, 1.54) is 11.8 Å². The number of hydrogen-bond donors (Lipinski definition) is 0. The van der Waals surface area contributed by atoms with Gasteiger partial charge in [0.15, 0.2) is 5.82 Å². The van der Waals surface area contributed by atoms with Crippen LogP contribution >= 0.6 is 0 Å². The molecule has 1 aliphatic heterocycles. The van der Waals surface area contributed by atoms with Crippen LogP contribution in [0.4, 0.5) is 10.6 Å². The minimum Gasteiger partial charge on any atom is -0.464 e. The Labute approximate surface area is 135 Å². The molecule has 0 saturated carbocycles. The number of aromatic nitrogens is 2. The van der Waals surface area contributed by atoms with E-state index >= 15 is 0 Å². The Morgan fingerprint density at radius 2 is 1.78 bits per heavy atom. The van der Waals surface area contributed by atoms with E-state index in [-0.39, 0.29) is 6.09 Å². The van der Waals surface area contributed by atoms with Crippen LogP contribution in [0.15, 0.2) is 6.07 Å². The van der Waals surface area contributed by atoms with Gasteiger partial charge in [0.25, 0.3) is 0 Å². The summed E-state index contributed by atoms with van der Waals surface area (Å²) < 4.78 is 11.6. The summed E-state index contributed by atoms with van der Waals surface area (Å²) in [6.45, 7) is 7.93. The van der Waals surface area contributed by atoms with Crippen LogP contribution in [0.25, 0.3) is 0 Å². The van der Waals surface area contributed by atoms with Crippen molar-refractivity contribution in [1.29, 1.82) is 0 Å². The highest BCUT2D eigenvalue weighted by atomic mass is 16.6. The second-order valence-electron chi connectivity index (χ2n) is 6.46. The Balaban J connectivity index is 1.97. The molecule has 0 N–H and O–H groups in total. The average molecular weight is 324 g/mol. The molecule has 0 atom stereocenters. The van der Waals surface area contributed by atoms with Crippen LogP contribution < -0.4 is 4.90 Å². The Hall–Kier alpha value is -2.25. The molecule has 0 unspecified atom stereocenters. The number of nitrogens with zero attached hydrogens (tertiary/aromatic N) is 4. The van der Waals surface area contributed by atoms with E-state index in [2.05, 4.69) is 5.10 Å². The number of carbonyl (C=O) groups excluding carboxylic acids is 2. The molecule has 1 saturated heterocycles. The summed E-state index contributed by atoms with van der Waals surface area (Å²) in [4.78, 5) is 27.4. The first kappa shape index (κ1) is 17.1. The summed E-state index contributed by atoms with van der Waals surface area (Å²) in [6.07, 6.45) is -0.298. The summed E-state index contributed by atoms with van der Waals surface area (Å²) in [6, 6.07) is 1.70. The van der Waals surface area contributed by atoms with Crippen molar-refractivity contribution >= 4 is 17.9 Å². The zero-order valence-electron chi connectivity index (χ0n) is 14.3. The lowest BCUT2D eigenvalue weighted by molar-refractivity contribution is 0.0240. The maximum absolute atomic E-state index is 12.0. The van der Waals surface area contributed by atoms with Gasteiger partial charge in [-0.05, 0) is 20.8 Å². The second-order valence-corrected chi connectivity index (χ2v) is 6.46. The van der Waals surface area contributed by atoms with E-state index in [0.29, 0.717) is 37.7 Å². The normalized spacial score (nSPS) is 15.5. The van der Waals surface area contributed by atoms with E-state index in [1.54, 1.807) is 18.0 Å². The zero-order chi connectivity index (χ0) is 17.2. The van der Waals surface area contributed by atoms with Crippen LogP contribution in [0.5, 0.6) is 0 Å². The number of piperazine rings is 1. The van der Waals surface area contributed by atoms with Crippen LogP contribution in [0.2, 0.25) is 0 Å². The van der Waals surface area contributed by atoms with Gasteiger partial charge in [-0.15, -0.1) is 0 Å². The van der Waals surface area contributed by atoms with Crippen molar-refractivity contribution in [2.75, 3.05) is 38.2 Å². The maximum Gasteiger partial charge on any atom is 0.410 e. The third-order valence-electron chi connectivity index (χ3n) is 3.52. The molecule has 2 heterocycles. The molecule has 1 aromatic rings. The van der Waals surface area contributed by atoms with Crippen molar-refractivity contribution in [3.8, 4) is 0 Å². The molecular formula is C15H24N4O4. The highest BCUT2D eigenvalue weighted by molar-refractivity contribution is 5.88. The van der Waals surface area contributed by atoms with Gasteiger partial charge in [-0.2, -0.15) is 5.10 Å². The lowest BCUT2D eigenvalue weighted by Gasteiger charge is -2.35. The molecule has 0 aliphatic carbocycles. The van der Waals surface area contributed by atoms with Crippen molar-refractivity contribution in [3.05, 3.63) is 11.8 Å². The van der Waals surface area contributed by atoms with E-state index in [4.69, 9.17) is 9.47 Å². The highest BCUT2D eigenvalue weighted by Crippen LogP contribution is 2.18. The predicted octanol–water partition coefficient (Wildman–Crippen LogP) is 1.26. The molecule has 1 aliphatic rings. The van der Waals surface area contributed by atoms with Crippen molar-refractivity contribution in [3.63, 3.8) is 0 Å². The molecule has 1 amide bonds. The van der Waals surface area contributed by atoms with E-state index < -0.39 is 11.6 Å². The molecule has 23 heavy (non-hydrogen) atoms. The van der Waals surface area contributed by atoms with Crippen molar-refractivity contribution < 1.29 is 19.1 Å². The van der Waals surface area contributed by atoms with E-state index in [9.17, 15) is 9.59 Å². The summed E-state index contributed by atoms with van der Waals surface area (Å²) in [7, 11) is 3.04. The molecule has 128 valence electrons. The number of hydrogen-bond acceptors (Lipinski definition) is 6. The fraction of sp³-hybridized carbons (Fsp3) is 0.667. The lowest BCUT2D eigenvalue weighted by Crippen LogP contribution is -2.50. The summed E-state index contributed by atoms with van der Waals surface area (Å²) in [5.41, 5.74) is -0.0954. The van der Waals surface area contributed by atoms with E-state index in [0.717, 1.165) is 0 Å². The van der Waals surface area contributed by atoms with Gasteiger partial charge in [0.1, 0.15) is 11.3 Å². The highest BCUT2D eigenvalue weighted by Gasteiger charge is 2.27. The van der Waals surface area contributed by atoms with Gasteiger partial charge in [-0.1, -0.05) is 0 Å². The minimum absolute atomic E-state index is 0.298. The van der Waals surface area contributed by atoms with E-state index in [1.807, 2.05) is 25.7 Å². The number of amides is 1. The van der Waals surface area contributed by atoms with Crippen LogP contribution in [0, 0.1) is 0 Å². The molecule has 0 bridgehead atoms. The Morgan fingerprint density at radius 3 is 2.30 bits per heavy atom. The third kappa shape index (κ3) is 4.14. The number of esters is 1. The van der Waals surface area contributed by atoms with Crippen LogP contribution in [0.1, 0.15) is 31.3 Å². The monoisotopic (exact) mass is 324 g/mol. The number of rotatable bonds is 2. The van der Waals surface area contributed by atoms with Gasteiger partial charge < -0.3 is 19.3 Å². The SMILES string of the molecule is COC(=O)c1cc(N2CCN(C(=O)OC(C)(C)C)CC2)nn1C. The summed E-state index contributed by atoms with van der Waals surface area (Å²) in [5.74, 6) is 0.287. The smallest absolute Gasteiger partial charge is 0.410 e.